The number of aromatic nitrogens is 3. The Morgan fingerprint density at radius 2 is 2.12 bits per heavy atom. The molecular weight excluding hydrogens is 324 g/mol. The number of likely N-dealkylation sites (N-methyl/N-ethyl adjacent to an activating group) is 1. The lowest BCUT2D eigenvalue weighted by atomic mass is 10.2. The fourth-order valence-corrected chi connectivity index (χ4v) is 2.09. The molecule has 136 valence electrons. The molecule has 0 spiro atoms. The lowest BCUT2D eigenvalue weighted by molar-refractivity contribution is 0.0234. The highest BCUT2D eigenvalue weighted by Crippen LogP contribution is 2.13. The molecule has 2 heterocycles. The van der Waals surface area contributed by atoms with Gasteiger partial charge in [0.1, 0.15) is 5.60 Å². The first-order valence-electron chi connectivity index (χ1n) is 8.09. The topological polar surface area (TPSA) is 101 Å². The number of H-pyrrole nitrogens is 1. The molecule has 2 aromatic rings. The van der Waals surface area contributed by atoms with Gasteiger partial charge in [0, 0.05) is 31.8 Å². The third kappa shape index (κ3) is 5.74. The zero-order chi connectivity index (χ0) is 18.6. The maximum Gasteiger partial charge on any atom is 0.410 e. The highest BCUT2D eigenvalue weighted by atomic mass is 16.6. The minimum atomic E-state index is -0.541. The highest BCUT2D eigenvalue weighted by molar-refractivity contribution is 5.68. The zero-order valence-corrected chi connectivity index (χ0v) is 15.2. The summed E-state index contributed by atoms with van der Waals surface area (Å²) in [7, 11) is 1.68. The molecule has 0 aromatic carbocycles. The Bertz CT molecular complexity index is 755. The van der Waals surface area contributed by atoms with E-state index in [2.05, 4.69) is 15.1 Å². The molecule has 1 amide bonds. The van der Waals surface area contributed by atoms with Crippen molar-refractivity contribution in [1.29, 1.82) is 0 Å². The van der Waals surface area contributed by atoms with Gasteiger partial charge in [0.2, 0.25) is 11.4 Å². The largest absolute Gasteiger partial charge is 0.444 e. The maximum atomic E-state index is 12.1. The molecular formula is C17H24N4O4. The van der Waals surface area contributed by atoms with Gasteiger partial charge in [0.05, 0.1) is 6.42 Å². The van der Waals surface area contributed by atoms with Crippen molar-refractivity contribution in [2.45, 2.75) is 52.2 Å². The molecule has 1 N–H and O–H groups in total. The Balaban J connectivity index is 1.94. The number of ether oxygens (including phenoxy) is 1. The van der Waals surface area contributed by atoms with E-state index in [4.69, 9.17) is 9.26 Å². The van der Waals surface area contributed by atoms with Crippen LogP contribution in [-0.4, -0.2) is 44.8 Å². The Kier molecular flexibility index (Phi) is 5.61. The van der Waals surface area contributed by atoms with Gasteiger partial charge >= 0.3 is 6.09 Å². The fraction of sp³-hybridized carbons (Fsp3) is 0.529. The number of hydrogen-bond donors (Lipinski definition) is 1. The summed E-state index contributed by atoms with van der Waals surface area (Å²) in [5, 5.41) is 3.95. The van der Waals surface area contributed by atoms with Gasteiger partial charge in [0.15, 0.2) is 5.82 Å². The van der Waals surface area contributed by atoms with Gasteiger partial charge in [-0.25, -0.2) is 4.79 Å². The number of carbonyl (C=O) groups is 1. The summed E-state index contributed by atoms with van der Waals surface area (Å²) in [4.78, 5) is 31.6. The number of nitrogens with one attached hydrogen (secondary N) is 1. The van der Waals surface area contributed by atoms with Crippen molar-refractivity contribution in [3.8, 4) is 0 Å². The van der Waals surface area contributed by atoms with Gasteiger partial charge in [-0.1, -0.05) is 11.2 Å². The summed E-state index contributed by atoms with van der Waals surface area (Å²) >= 11 is 0. The van der Waals surface area contributed by atoms with Crippen LogP contribution in [0.4, 0.5) is 4.79 Å². The van der Waals surface area contributed by atoms with Crippen molar-refractivity contribution in [3.63, 3.8) is 0 Å². The quantitative estimate of drug-likeness (QED) is 0.888. The SMILES string of the molecule is C[C@@H](Cc1noc(Cc2ccc(=O)[nH]c2)n1)N(C)C(=O)OC(C)(C)C. The summed E-state index contributed by atoms with van der Waals surface area (Å²) in [5.41, 5.74) is 0.170. The van der Waals surface area contributed by atoms with Crippen LogP contribution in [0.5, 0.6) is 0 Å². The molecule has 8 heteroatoms. The van der Waals surface area contributed by atoms with Gasteiger partial charge in [-0.2, -0.15) is 4.98 Å². The van der Waals surface area contributed by atoms with Crippen LogP contribution in [0.2, 0.25) is 0 Å². The van der Waals surface area contributed by atoms with Crippen molar-refractivity contribution in [3.05, 3.63) is 46.0 Å². The van der Waals surface area contributed by atoms with E-state index >= 15 is 0 Å². The Morgan fingerprint density at radius 3 is 2.72 bits per heavy atom. The maximum absolute atomic E-state index is 12.1. The van der Waals surface area contributed by atoms with E-state index < -0.39 is 11.7 Å². The lowest BCUT2D eigenvalue weighted by Crippen LogP contribution is -2.40. The number of carbonyl (C=O) groups excluding carboxylic acids is 1. The van der Waals surface area contributed by atoms with Crippen LogP contribution < -0.4 is 5.56 Å². The van der Waals surface area contributed by atoms with Crippen LogP contribution in [0.25, 0.3) is 0 Å². The molecule has 2 rings (SSSR count). The Labute approximate surface area is 146 Å². The van der Waals surface area contributed by atoms with E-state index in [0.29, 0.717) is 24.6 Å². The van der Waals surface area contributed by atoms with Crippen LogP contribution in [0.15, 0.2) is 27.6 Å². The monoisotopic (exact) mass is 348 g/mol. The minimum Gasteiger partial charge on any atom is -0.444 e. The molecule has 0 fully saturated rings. The Hall–Kier alpha value is -2.64. The van der Waals surface area contributed by atoms with Crippen LogP contribution in [-0.2, 0) is 17.6 Å². The molecule has 2 aromatic heterocycles. The molecule has 0 aliphatic carbocycles. The van der Waals surface area contributed by atoms with Gasteiger partial charge in [-0.3, -0.25) is 4.79 Å². The first-order valence-corrected chi connectivity index (χ1v) is 8.09. The predicted molar refractivity (Wildman–Crippen MR) is 91.3 cm³/mol. The van der Waals surface area contributed by atoms with Crippen molar-refractivity contribution >= 4 is 6.09 Å². The number of pyridine rings is 1. The van der Waals surface area contributed by atoms with E-state index in [1.807, 2.05) is 27.7 Å². The number of nitrogens with zero attached hydrogens (tertiary/aromatic N) is 3. The summed E-state index contributed by atoms with van der Waals surface area (Å²) < 4.78 is 10.6. The molecule has 8 nitrogen and oxygen atoms in total. The Morgan fingerprint density at radius 1 is 1.40 bits per heavy atom. The van der Waals surface area contributed by atoms with E-state index in [-0.39, 0.29) is 11.6 Å². The van der Waals surface area contributed by atoms with Crippen molar-refractivity contribution in [1.82, 2.24) is 20.0 Å². The van der Waals surface area contributed by atoms with E-state index in [0.717, 1.165) is 5.56 Å². The molecule has 0 aliphatic heterocycles. The second-order valence-corrected chi connectivity index (χ2v) is 6.99. The van der Waals surface area contributed by atoms with Gasteiger partial charge in [0.25, 0.3) is 0 Å². The molecule has 0 saturated carbocycles. The van der Waals surface area contributed by atoms with Crippen LogP contribution in [0.3, 0.4) is 0 Å². The second-order valence-electron chi connectivity index (χ2n) is 6.99. The molecule has 0 radical (unpaired) electrons. The van der Waals surface area contributed by atoms with Crippen LogP contribution >= 0.6 is 0 Å². The lowest BCUT2D eigenvalue weighted by Gasteiger charge is -2.28. The van der Waals surface area contributed by atoms with Crippen LogP contribution in [0, 0.1) is 0 Å². The number of rotatable bonds is 5. The fourth-order valence-electron chi connectivity index (χ4n) is 2.09. The second kappa shape index (κ2) is 7.50. The van der Waals surface area contributed by atoms with Gasteiger partial charge in [-0.05, 0) is 33.3 Å². The zero-order valence-electron chi connectivity index (χ0n) is 15.2. The average molecular weight is 348 g/mol. The first kappa shape index (κ1) is 18.7. The van der Waals surface area contributed by atoms with E-state index in [9.17, 15) is 9.59 Å². The number of aromatic amines is 1. The molecule has 0 unspecified atom stereocenters. The van der Waals surface area contributed by atoms with E-state index in [1.165, 1.54) is 11.0 Å². The highest BCUT2D eigenvalue weighted by Gasteiger charge is 2.24. The van der Waals surface area contributed by atoms with Gasteiger partial charge in [-0.15, -0.1) is 0 Å². The molecule has 0 bridgehead atoms. The summed E-state index contributed by atoms with van der Waals surface area (Å²) in [6.45, 7) is 7.37. The number of hydrogen-bond acceptors (Lipinski definition) is 6. The summed E-state index contributed by atoms with van der Waals surface area (Å²) in [6.07, 6.45) is 2.10. The summed E-state index contributed by atoms with van der Waals surface area (Å²) in [5.74, 6) is 0.969. The molecule has 0 saturated heterocycles. The average Bonchev–Trinajstić information content (AvgIpc) is 2.94. The van der Waals surface area contributed by atoms with Crippen molar-refractivity contribution in [2.24, 2.45) is 0 Å². The summed E-state index contributed by atoms with van der Waals surface area (Å²) in [6, 6.07) is 3.01. The number of amides is 1. The molecule has 0 aliphatic rings. The van der Waals surface area contributed by atoms with Crippen LogP contribution in [0.1, 0.15) is 45.0 Å². The smallest absolute Gasteiger partial charge is 0.410 e. The first-order chi connectivity index (χ1) is 11.6. The van der Waals surface area contributed by atoms with Crippen molar-refractivity contribution < 1.29 is 14.1 Å². The normalized spacial score (nSPS) is 12.7. The third-order valence-electron chi connectivity index (χ3n) is 3.53. The third-order valence-corrected chi connectivity index (χ3v) is 3.53. The molecule has 25 heavy (non-hydrogen) atoms. The van der Waals surface area contributed by atoms with Gasteiger partial charge < -0.3 is 19.1 Å². The van der Waals surface area contributed by atoms with E-state index in [1.54, 1.807) is 19.3 Å². The van der Waals surface area contributed by atoms with Crippen molar-refractivity contribution in [2.75, 3.05) is 7.05 Å². The minimum absolute atomic E-state index is 0.145. The predicted octanol–water partition coefficient (Wildman–Crippen LogP) is 2.15. The molecule has 1 atom stereocenters. The standard InChI is InChI=1S/C17H24N4O4/c1-11(21(5)16(23)24-17(2,3)4)8-13-19-15(25-20-13)9-12-6-7-14(22)18-10-12/h6-7,10-11H,8-9H2,1-5H3,(H,18,22)/t11-/m0/s1.